The van der Waals surface area contributed by atoms with Gasteiger partial charge >= 0.3 is 0 Å². The second-order valence-electron chi connectivity index (χ2n) is 0.354. The summed E-state index contributed by atoms with van der Waals surface area (Å²) in [6, 6.07) is 0. The molecule has 4 heavy (non-hydrogen) atoms. The average molecular weight is 133 g/mol. The van der Waals surface area contributed by atoms with E-state index in [1.165, 1.54) is 0 Å². The summed E-state index contributed by atoms with van der Waals surface area (Å²) >= 11 is 0. The van der Waals surface area contributed by atoms with Gasteiger partial charge in [-0.2, -0.15) is 6.54 Å². The zero-order valence-corrected chi connectivity index (χ0v) is 5.62. The van der Waals surface area contributed by atoms with Crippen LogP contribution in [0, 0.1) is 0 Å². The van der Waals surface area contributed by atoms with E-state index in [2.05, 4.69) is 0 Å². The summed E-state index contributed by atoms with van der Waals surface area (Å²) in [5.41, 5.74) is 6.21. The Labute approximate surface area is 51.8 Å². The van der Waals surface area contributed by atoms with Crippen LogP contribution in [0.3, 0.4) is 0 Å². The van der Waals surface area contributed by atoms with E-state index in [1.54, 1.807) is 6.92 Å². The van der Waals surface area contributed by atoms with Crippen molar-refractivity contribution in [1.82, 2.24) is 0 Å². The van der Waals surface area contributed by atoms with Crippen molar-refractivity contribution >= 4 is 0 Å². The topological polar surface area (TPSA) is 23.8 Å². The van der Waals surface area contributed by atoms with Crippen LogP contribution < -0.4 is 0 Å². The fourth-order valence-electron chi connectivity index (χ4n) is 0. The van der Waals surface area contributed by atoms with Gasteiger partial charge in [-0.3, -0.25) is 0 Å². The first-order valence-electron chi connectivity index (χ1n) is 1.06. The molecule has 1 nitrogen and oxygen atoms in total. The third kappa shape index (κ3) is 11.5. The third-order valence-electron chi connectivity index (χ3n) is 0. The molecular formula is C2H6NY-. The zero-order valence-electron chi connectivity index (χ0n) is 2.78. The largest absolute Gasteiger partial charge is 0.678 e. The smallest absolute Gasteiger partial charge is 0 e. The van der Waals surface area contributed by atoms with E-state index >= 15 is 0 Å². The van der Waals surface area contributed by atoms with Gasteiger partial charge in [-0.05, 0) is 0 Å². The Morgan fingerprint density at radius 3 is 1.75 bits per heavy atom. The Morgan fingerprint density at radius 2 is 1.75 bits per heavy atom. The van der Waals surface area contributed by atoms with Crippen molar-refractivity contribution in [3.05, 3.63) is 5.73 Å². The summed E-state index contributed by atoms with van der Waals surface area (Å²) < 4.78 is 0. The van der Waals surface area contributed by atoms with Gasteiger partial charge in [0.05, 0.1) is 0 Å². The fraction of sp³-hybridized carbons (Fsp3) is 1.00. The standard InChI is InChI=1S/C2H6N.Y/c1-2-3;/h3H,2H2,1H3;/q-1;. The molecule has 0 aliphatic heterocycles. The van der Waals surface area contributed by atoms with Crippen LogP contribution in [0.25, 0.3) is 5.73 Å². The predicted molar refractivity (Wildman–Crippen MR) is 14.9 cm³/mol. The Hall–Kier alpha value is 1.06. The van der Waals surface area contributed by atoms with Crippen molar-refractivity contribution < 1.29 is 32.7 Å². The Kier molecular flexibility index (Phi) is 19.9. The van der Waals surface area contributed by atoms with E-state index in [4.69, 9.17) is 5.73 Å². The normalized spacial score (nSPS) is 4.50. The van der Waals surface area contributed by atoms with Crippen LogP contribution in [0.2, 0.25) is 0 Å². The van der Waals surface area contributed by atoms with Crippen LogP contribution >= 0.6 is 0 Å². The van der Waals surface area contributed by atoms with Gasteiger partial charge in [-0.15, -0.1) is 0 Å². The molecule has 0 aliphatic rings. The van der Waals surface area contributed by atoms with Gasteiger partial charge in [0.15, 0.2) is 0 Å². The average Bonchev–Trinajstić information content (AvgIpc) is 0.918. The molecule has 0 bridgehead atoms. The molecule has 1 N–H and O–H groups in total. The molecule has 0 aromatic rings. The van der Waals surface area contributed by atoms with E-state index in [-0.39, 0.29) is 32.7 Å². The maximum Gasteiger partial charge on any atom is 0 e. The summed E-state index contributed by atoms with van der Waals surface area (Å²) in [5.74, 6) is 0. The van der Waals surface area contributed by atoms with Gasteiger partial charge < -0.3 is 5.73 Å². The molecule has 0 saturated carbocycles. The molecule has 0 spiro atoms. The predicted octanol–water partition coefficient (Wildman–Crippen LogP) is 1.06. The SMILES string of the molecule is CC[NH-].[Y]. The molecule has 0 amide bonds. The van der Waals surface area contributed by atoms with Crippen LogP contribution in [0.1, 0.15) is 6.92 Å². The molecule has 0 rings (SSSR count). The summed E-state index contributed by atoms with van der Waals surface area (Å²) in [4.78, 5) is 0. The summed E-state index contributed by atoms with van der Waals surface area (Å²) in [6.45, 7) is 2.29. The first-order valence-corrected chi connectivity index (χ1v) is 1.06. The maximum atomic E-state index is 6.21. The van der Waals surface area contributed by atoms with Gasteiger partial charge in [0.25, 0.3) is 0 Å². The third-order valence-corrected chi connectivity index (χ3v) is 0. The molecule has 23 valence electrons. The molecule has 2 heteroatoms. The van der Waals surface area contributed by atoms with E-state index < -0.39 is 0 Å². The van der Waals surface area contributed by atoms with Crippen LogP contribution in [-0.4, -0.2) is 6.54 Å². The van der Waals surface area contributed by atoms with E-state index in [0.717, 1.165) is 0 Å². The van der Waals surface area contributed by atoms with E-state index in [1.807, 2.05) is 0 Å². The molecule has 0 fully saturated rings. The first kappa shape index (κ1) is 8.91. The van der Waals surface area contributed by atoms with Crippen LogP contribution in [0.15, 0.2) is 0 Å². The van der Waals surface area contributed by atoms with Gasteiger partial charge in [0.2, 0.25) is 0 Å². The van der Waals surface area contributed by atoms with Crippen molar-refractivity contribution in [2.75, 3.05) is 6.54 Å². The van der Waals surface area contributed by atoms with Gasteiger partial charge in [0.1, 0.15) is 0 Å². The number of hydrogen-bond acceptors (Lipinski definition) is 0. The second kappa shape index (κ2) is 8.96. The minimum absolute atomic E-state index is 0. The van der Waals surface area contributed by atoms with Gasteiger partial charge in [-0.25, -0.2) is 0 Å². The van der Waals surface area contributed by atoms with Gasteiger partial charge in [-0.1, -0.05) is 6.92 Å². The van der Waals surface area contributed by atoms with Crippen molar-refractivity contribution in [3.8, 4) is 0 Å². The molecule has 0 aromatic carbocycles. The van der Waals surface area contributed by atoms with Crippen molar-refractivity contribution in [2.24, 2.45) is 0 Å². The number of rotatable bonds is 0. The Balaban J connectivity index is 0. The van der Waals surface area contributed by atoms with E-state index in [9.17, 15) is 0 Å². The minimum atomic E-state index is 0. The van der Waals surface area contributed by atoms with Crippen LogP contribution in [0.5, 0.6) is 0 Å². The number of hydrogen-bond donors (Lipinski definition) is 0. The molecular weight excluding hydrogens is 127 g/mol. The zero-order chi connectivity index (χ0) is 2.71. The van der Waals surface area contributed by atoms with Crippen LogP contribution in [0.4, 0.5) is 0 Å². The van der Waals surface area contributed by atoms with Crippen LogP contribution in [-0.2, 0) is 32.7 Å². The first-order chi connectivity index (χ1) is 1.41. The summed E-state index contributed by atoms with van der Waals surface area (Å²) in [6.07, 6.45) is 0. The molecule has 0 unspecified atom stereocenters. The fourth-order valence-corrected chi connectivity index (χ4v) is 0. The van der Waals surface area contributed by atoms with Gasteiger partial charge in [0, 0.05) is 32.7 Å². The molecule has 0 aliphatic carbocycles. The molecule has 0 saturated heterocycles. The molecule has 1 radical (unpaired) electrons. The summed E-state index contributed by atoms with van der Waals surface area (Å²) in [5, 5.41) is 0. The number of nitrogens with one attached hydrogen (secondary N) is 1. The molecule has 0 aromatic heterocycles. The quantitative estimate of drug-likeness (QED) is 0.471. The van der Waals surface area contributed by atoms with Crippen molar-refractivity contribution in [2.45, 2.75) is 6.92 Å². The Bertz CT molecular complexity index is 6.00. The molecule has 0 heterocycles. The monoisotopic (exact) mass is 133 g/mol. The van der Waals surface area contributed by atoms with Crippen molar-refractivity contribution in [3.63, 3.8) is 0 Å². The minimum Gasteiger partial charge on any atom is -0.678 e. The molecule has 0 atom stereocenters. The Morgan fingerprint density at radius 1 is 1.75 bits per heavy atom. The van der Waals surface area contributed by atoms with E-state index in [0.29, 0.717) is 6.54 Å². The maximum absolute atomic E-state index is 6.21. The second-order valence-corrected chi connectivity index (χ2v) is 0.354. The summed E-state index contributed by atoms with van der Waals surface area (Å²) in [7, 11) is 0. The van der Waals surface area contributed by atoms with Crippen molar-refractivity contribution in [1.29, 1.82) is 0 Å².